The van der Waals surface area contributed by atoms with Crippen molar-refractivity contribution in [3.8, 4) is 0 Å². The van der Waals surface area contributed by atoms with Crippen molar-refractivity contribution in [3.05, 3.63) is 0 Å². The van der Waals surface area contributed by atoms with Crippen molar-refractivity contribution in [2.45, 2.75) is 51.2 Å². The van der Waals surface area contributed by atoms with Crippen LogP contribution in [0.1, 0.15) is 39.0 Å². The van der Waals surface area contributed by atoms with Gasteiger partial charge in [0.2, 0.25) is 0 Å². The highest BCUT2D eigenvalue weighted by Gasteiger charge is 2.64. The van der Waals surface area contributed by atoms with E-state index in [4.69, 9.17) is 5.11 Å². The molecule has 0 aromatic carbocycles. The molecule has 1 saturated heterocycles. The SMILES string of the molecule is CC1CCCC(N2CCC(C(=O)O)(C(F)(F)F)C2)C1. The molecule has 0 amide bonds. The summed E-state index contributed by atoms with van der Waals surface area (Å²) in [4.78, 5) is 12.9. The van der Waals surface area contributed by atoms with E-state index in [1.807, 2.05) is 0 Å². The molecule has 2 fully saturated rings. The Kier molecular flexibility index (Phi) is 3.82. The van der Waals surface area contributed by atoms with Gasteiger partial charge in [-0.2, -0.15) is 13.2 Å². The van der Waals surface area contributed by atoms with Crippen molar-refractivity contribution < 1.29 is 23.1 Å². The molecule has 1 saturated carbocycles. The zero-order valence-electron chi connectivity index (χ0n) is 11.0. The van der Waals surface area contributed by atoms with Crippen LogP contribution in [-0.2, 0) is 4.79 Å². The number of rotatable bonds is 2. The second kappa shape index (κ2) is 4.96. The molecule has 19 heavy (non-hydrogen) atoms. The Morgan fingerprint density at radius 3 is 2.53 bits per heavy atom. The Bertz CT molecular complexity index is 358. The van der Waals surface area contributed by atoms with Gasteiger partial charge in [0.25, 0.3) is 0 Å². The summed E-state index contributed by atoms with van der Waals surface area (Å²) >= 11 is 0. The first-order chi connectivity index (χ1) is 8.76. The van der Waals surface area contributed by atoms with E-state index in [9.17, 15) is 18.0 Å². The van der Waals surface area contributed by atoms with E-state index < -0.39 is 17.6 Å². The molecule has 1 heterocycles. The maximum Gasteiger partial charge on any atom is 0.406 e. The van der Waals surface area contributed by atoms with Crippen molar-refractivity contribution in [2.75, 3.05) is 13.1 Å². The molecule has 0 spiro atoms. The summed E-state index contributed by atoms with van der Waals surface area (Å²) < 4.78 is 39.2. The van der Waals surface area contributed by atoms with E-state index in [1.54, 1.807) is 4.90 Å². The van der Waals surface area contributed by atoms with Gasteiger partial charge in [0.15, 0.2) is 5.41 Å². The van der Waals surface area contributed by atoms with Crippen molar-refractivity contribution in [3.63, 3.8) is 0 Å². The molecule has 1 aliphatic heterocycles. The Hall–Kier alpha value is -0.780. The van der Waals surface area contributed by atoms with Gasteiger partial charge in [0, 0.05) is 12.6 Å². The summed E-state index contributed by atoms with van der Waals surface area (Å²) in [5, 5.41) is 9.02. The van der Waals surface area contributed by atoms with Crippen LogP contribution in [0, 0.1) is 11.3 Å². The topological polar surface area (TPSA) is 40.5 Å². The Morgan fingerprint density at radius 2 is 2.05 bits per heavy atom. The summed E-state index contributed by atoms with van der Waals surface area (Å²) in [5.74, 6) is -1.21. The molecule has 1 N–H and O–H groups in total. The molecule has 3 atom stereocenters. The fourth-order valence-corrected chi connectivity index (χ4v) is 3.41. The van der Waals surface area contributed by atoms with E-state index >= 15 is 0 Å². The fourth-order valence-electron chi connectivity index (χ4n) is 3.41. The van der Waals surface area contributed by atoms with Gasteiger partial charge in [0.1, 0.15) is 0 Å². The largest absolute Gasteiger partial charge is 0.481 e. The number of carboxylic acid groups (broad SMARTS) is 1. The zero-order valence-corrected chi connectivity index (χ0v) is 11.0. The number of aliphatic carboxylic acids is 1. The van der Waals surface area contributed by atoms with Crippen LogP contribution in [0.4, 0.5) is 13.2 Å². The molecule has 2 rings (SSSR count). The minimum atomic E-state index is -4.67. The van der Waals surface area contributed by atoms with Gasteiger partial charge in [-0.1, -0.05) is 19.8 Å². The van der Waals surface area contributed by atoms with Crippen LogP contribution in [0.25, 0.3) is 0 Å². The third-order valence-electron chi connectivity index (χ3n) is 4.68. The number of hydrogen-bond donors (Lipinski definition) is 1. The van der Waals surface area contributed by atoms with Crippen molar-refractivity contribution in [2.24, 2.45) is 11.3 Å². The number of alkyl halides is 3. The number of carbonyl (C=O) groups is 1. The predicted octanol–water partition coefficient (Wildman–Crippen LogP) is 2.90. The lowest BCUT2D eigenvalue weighted by Crippen LogP contribution is -2.48. The number of halogens is 3. The number of hydrogen-bond acceptors (Lipinski definition) is 2. The Morgan fingerprint density at radius 1 is 1.37 bits per heavy atom. The summed E-state index contributed by atoms with van der Waals surface area (Å²) in [6.45, 7) is 1.96. The molecule has 0 bridgehead atoms. The molecule has 0 aromatic heterocycles. The van der Waals surface area contributed by atoms with Crippen molar-refractivity contribution in [1.29, 1.82) is 0 Å². The third kappa shape index (κ3) is 2.59. The highest BCUT2D eigenvalue weighted by atomic mass is 19.4. The molecular formula is C13H20F3NO2. The second-order valence-corrected chi connectivity index (χ2v) is 6.03. The molecule has 3 nitrogen and oxygen atoms in total. The maximum atomic E-state index is 13.1. The first-order valence-corrected chi connectivity index (χ1v) is 6.80. The van der Waals surface area contributed by atoms with Gasteiger partial charge in [-0.15, -0.1) is 0 Å². The lowest BCUT2D eigenvalue weighted by atomic mass is 9.85. The standard InChI is InChI=1S/C13H20F3NO2/c1-9-3-2-4-10(7-9)17-6-5-12(8-17,11(18)19)13(14,15)16/h9-10H,2-8H2,1H3,(H,18,19). The van der Waals surface area contributed by atoms with Crippen LogP contribution >= 0.6 is 0 Å². The van der Waals surface area contributed by atoms with Gasteiger partial charge in [0.05, 0.1) is 0 Å². The fraction of sp³-hybridized carbons (Fsp3) is 0.923. The maximum absolute atomic E-state index is 13.1. The molecule has 6 heteroatoms. The van der Waals surface area contributed by atoms with Crippen molar-refractivity contribution in [1.82, 2.24) is 4.90 Å². The van der Waals surface area contributed by atoms with E-state index in [-0.39, 0.29) is 25.6 Å². The summed E-state index contributed by atoms with van der Waals surface area (Å²) in [6, 6.07) is 0.118. The molecular weight excluding hydrogens is 259 g/mol. The lowest BCUT2D eigenvalue weighted by Gasteiger charge is -2.35. The monoisotopic (exact) mass is 279 g/mol. The first kappa shape index (κ1) is 14.6. The quantitative estimate of drug-likeness (QED) is 0.845. The Balaban J connectivity index is 2.11. The average Bonchev–Trinajstić information content (AvgIpc) is 2.74. The van der Waals surface area contributed by atoms with Crippen LogP contribution in [0.2, 0.25) is 0 Å². The minimum absolute atomic E-state index is 0.118. The summed E-state index contributed by atoms with van der Waals surface area (Å²) in [5.41, 5.74) is -2.56. The van der Waals surface area contributed by atoms with Gasteiger partial charge in [-0.25, -0.2) is 0 Å². The van der Waals surface area contributed by atoms with Crippen LogP contribution in [0.3, 0.4) is 0 Å². The van der Waals surface area contributed by atoms with E-state index in [2.05, 4.69) is 6.92 Å². The van der Waals surface area contributed by atoms with Gasteiger partial charge in [-0.3, -0.25) is 9.69 Å². The number of carboxylic acids is 1. The van der Waals surface area contributed by atoms with E-state index in [0.717, 1.165) is 25.7 Å². The van der Waals surface area contributed by atoms with E-state index in [0.29, 0.717) is 5.92 Å². The second-order valence-electron chi connectivity index (χ2n) is 6.03. The normalized spacial score (nSPS) is 37.5. The molecule has 1 aliphatic carbocycles. The highest BCUT2D eigenvalue weighted by molar-refractivity contribution is 5.76. The van der Waals surface area contributed by atoms with Crippen LogP contribution in [0.15, 0.2) is 0 Å². The lowest BCUT2D eigenvalue weighted by molar-refractivity contribution is -0.228. The average molecular weight is 279 g/mol. The summed E-state index contributed by atoms with van der Waals surface area (Å²) in [7, 11) is 0. The van der Waals surface area contributed by atoms with E-state index in [1.165, 1.54) is 0 Å². The number of nitrogens with zero attached hydrogens (tertiary/aromatic N) is 1. The van der Waals surface area contributed by atoms with Crippen LogP contribution in [0.5, 0.6) is 0 Å². The predicted molar refractivity (Wildman–Crippen MR) is 63.7 cm³/mol. The van der Waals surface area contributed by atoms with Crippen LogP contribution < -0.4 is 0 Å². The molecule has 3 unspecified atom stereocenters. The van der Waals surface area contributed by atoms with Gasteiger partial charge >= 0.3 is 12.1 Å². The minimum Gasteiger partial charge on any atom is -0.481 e. The molecule has 2 aliphatic rings. The molecule has 110 valence electrons. The summed E-state index contributed by atoms with van der Waals surface area (Å²) in [6.07, 6.45) is -1.09. The zero-order chi connectivity index (χ0) is 14.3. The molecule has 0 aromatic rings. The number of likely N-dealkylation sites (tertiary alicyclic amines) is 1. The third-order valence-corrected chi connectivity index (χ3v) is 4.68. The van der Waals surface area contributed by atoms with Crippen LogP contribution in [-0.4, -0.2) is 41.3 Å². The highest BCUT2D eigenvalue weighted by Crippen LogP contribution is 2.47. The molecule has 0 radical (unpaired) electrons. The first-order valence-electron chi connectivity index (χ1n) is 6.80. The van der Waals surface area contributed by atoms with Gasteiger partial charge in [-0.05, 0) is 31.7 Å². The van der Waals surface area contributed by atoms with Gasteiger partial charge < -0.3 is 5.11 Å². The smallest absolute Gasteiger partial charge is 0.406 e. The van der Waals surface area contributed by atoms with Crippen molar-refractivity contribution >= 4 is 5.97 Å². The Labute approximate surface area is 110 Å².